The van der Waals surface area contributed by atoms with Crippen molar-refractivity contribution in [2.24, 2.45) is 0 Å². The van der Waals surface area contributed by atoms with Crippen LogP contribution in [0.15, 0.2) is 48.5 Å². The van der Waals surface area contributed by atoms with Crippen LogP contribution in [0.25, 0.3) is 0 Å². The molecule has 0 unspecified atom stereocenters. The quantitative estimate of drug-likeness (QED) is 0.771. The molecule has 0 aliphatic carbocycles. The van der Waals surface area contributed by atoms with E-state index in [1.54, 1.807) is 36.1 Å². The molecule has 144 valence electrons. The minimum atomic E-state index is -0.808. The number of amides is 3. The molecule has 1 saturated heterocycles. The molecule has 6 nitrogen and oxygen atoms in total. The van der Waals surface area contributed by atoms with E-state index < -0.39 is 6.04 Å². The fourth-order valence-corrected chi connectivity index (χ4v) is 4.02. The summed E-state index contributed by atoms with van der Waals surface area (Å²) in [6.07, 6.45) is 0. The molecular weight excluding hydrogens is 354 g/mol. The Labute approximate surface area is 164 Å². The number of imide groups is 1. The number of carbonyl (C=O) groups is 3. The van der Waals surface area contributed by atoms with Crippen molar-refractivity contribution in [1.29, 1.82) is 0 Å². The molecule has 3 amide bonds. The summed E-state index contributed by atoms with van der Waals surface area (Å²) in [5.74, 6) is -0.959. The Morgan fingerprint density at radius 1 is 0.857 bits per heavy atom. The maximum atomic E-state index is 13.0. The molecule has 2 aromatic rings. The third kappa shape index (κ3) is 2.95. The molecule has 2 heterocycles. The summed E-state index contributed by atoms with van der Waals surface area (Å²) in [6, 6.07) is 14.1. The highest BCUT2D eigenvalue weighted by atomic mass is 16.2. The molecule has 0 aromatic heterocycles. The van der Waals surface area contributed by atoms with Crippen LogP contribution in [0.3, 0.4) is 0 Å². The predicted molar refractivity (Wildman–Crippen MR) is 106 cm³/mol. The summed E-state index contributed by atoms with van der Waals surface area (Å²) in [4.78, 5) is 43.4. The topological polar surface area (TPSA) is 60.9 Å². The molecule has 0 bridgehead atoms. The lowest BCUT2D eigenvalue weighted by molar-refractivity contribution is -0.135. The Morgan fingerprint density at radius 2 is 1.39 bits per heavy atom. The number of fused-ring (bicyclic) bond motifs is 1. The lowest BCUT2D eigenvalue weighted by atomic mass is 10.1. The SMILES string of the molecule is Cc1ccccc1N1CCN(C(=O)[C@H](C)N2C(=O)c3ccccc3C2=O)CC1. The number of anilines is 1. The van der Waals surface area contributed by atoms with Gasteiger partial charge in [0, 0.05) is 31.9 Å². The first kappa shape index (κ1) is 18.2. The zero-order valence-corrected chi connectivity index (χ0v) is 16.1. The molecule has 6 heteroatoms. The van der Waals surface area contributed by atoms with Crippen LogP contribution in [-0.2, 0) is 4.79 Å². The van der Waals surface area contributed by atoms with Crippen molar-refractivity contribution in [2.75, 3.05) is 31.1 Å². The summed E-state index contributed by atoms with van der Waals surface area (Å²) in [5.41, 5.74) is 3.14. The molecule has 2 aromatic carbocycles. The van der Waals surface area contributed by atoms with Crippen LogP contribution in [0.2, 0.25) is 0 Å². The first-order valence-corrected chi connectivity index (χ1v) is 9.55. The maximum Gasteiger partial charge on any atom is 0.262 e. The van der Waals surface area contributed by atoms with Gasteiger partial charge in [-0.1, -0.05) is 30.3 Å². The summed E-state index contributed by atoms with van der Waals surface area (Å²) in [6.45, 7) is 6.31. The van der Waals surface area contributed by atoms with Crippen molar-refractivity contribution in [1.82, 2.24) is 9.80 Å². The zero-order valence-electron chi connectivity index (χ0n) is 16.1. The average molecular weight is 377 g/mol. The number of benzene rings is 2. The van der Waals surface area contributed by atoms with Gasteiger partial charge in [0.15, 0.2) is 0 Å². The third-order valence-electron chi connectivity index (χ3n) is 5.62. The zero-order chi connectivity index (χ0) is 19.8. The minimum Gasteiger partial charge on any atom is -0.368 e. The lowest BCUT2D eigenvalue weighted by Gasteiger charge is -2.38. The van der Waals surface area contributed by atoms with E-state index in [-0.39, 0.29) is 17.7 Å². The first-order chi connectivity index (χ1) is 13.5. The molecule has 4 rings (SSSR count). The van der Waals surface area contributed by atoms with Gasteiger partial charge in [0.05, 0.1) is 11.1 Å². The number of nitrogens with zero attached hydrogens (tertiary/aromatic N) is 3. The maximum absolute atomic E-state index is 13.0. The molecule has 0 N–H and O–H groups in total. The van der Waals surface area contributed by atoms with E-state index in [9.17, 15) is 14.4 Å². The van der Waals surface area contributed by atoms with Gasteiger partial charge in [-0.2, -0.15) is 0 Å². The molecule has 0 radical (unpaired) electrons. The van der Waals surface area contributed by atoms with E-state index in [1.165, 1.54) is 11.3 Å². The Bertz CT molecular complexity index is 913. The first-order valence-electron chi connectivity index (χ1n) is 9.55. The van der Waals surface area contributed by atoms with Crippen molar-refractivity contribution in [3.63, 3.8) is 0 Å². The highest BCUT2D eigenvalue weighted by molar-refractivity contribution is 6.22. The van der Waals surface area contributed by atoms with Gasteiger partial charge in [-0.25, -0.2) is 0 Å². The minimum absolute atomic E-state index is 0.182. The van der Waals surface area contributed by atoms with Crippen molar-refractivity contribution >= 4 is 23.4 Å². The average Bonchev–Trinajstić information content (AvgIpc) is 2.98. The van der Waals surface area contributed by atoms with E-state index in [4.69, 9.17) is 0 Å². The van der Waals surface area contributed by atoms with Crippen LogP contribution < -0.4 is 4.90 Å². The molecule has 0 saturated carbocycles. The Kier molecular flexibility index (Phi) is 4.63. The van der Waals surface area contributed by atoms with Crippen molar-refractivity contribution in [3.05, 3.63) is 65.2 Å². The van der Waals surface area contributed by atoms with Gasteiger partial charge in [0.1, 0.15) is 6.04 Å². The molecule has 1 atom stereocenters. The summed E-state index contributed by atoms with van der Waals surface area (Å²) in [7, 11) is 0. The highest BCUT2D eigenvalue weighted by Crippen LogP contribution is 2.26. The van der Waals surface area contributed by atoms with E-state index in [1.807, 2.05) is 12.1 Å². The number of carbonyl (C=O) groups excluding carboxylic acids is 3. The van der Waals surface area contributed by atoms with Gasteiger partial charge in [0.25, 0.3) is 11.8 Å². The van der Waals surface area contributed by atoms with Crippen LogP contribution in [-0.4, -0.2) is 59.7 Å². The monoisotopic (exact) mass is 377 g/mol. The Hall–Kier alpha value is -3.15. The molecule has 28 heavy (non-hydrogen) atoms. The molecule has 2 aliphatic rings. The molecule has 2 aliphatic heterocycles. The van der Waals surface area contributed by atoms with Crippen LogP contribution in [0.5, 0.6) is 0 Å². The Morgan fingerprint density at radius 3 is 1.96 bits per heavy atom. The van der Waals surface area contributed by atoms with E-state index >= 15 is 0 Å². The predicted octanol–water partition coefficient (Wildman–Crippen LogP) is 2.33. The molecular formula is C22H23N3O3. The van der Waals surface area contributed by atoms with Gasteiger partial charge in [-0.05, 0) is 37.6 Å². The number of piperazine rings is 1. The smallest absolute Gasteiger partial charge is 0.262 e. The third-order valence-corrected chi connectivity index (χ3v) is 5.62. The highest BCUT2D eigenvalue weighted by Gasteiger charge is 2.42. The fourth-order valence-electron chi connectivity index (χ4n) is 4.02. The summed E-state index contributed by atoms with van der Waals surface area (Å²) < 4.78 is 0. The summed E-state index contributed by atoms with van der Waals surface area (Å²) in [5, 5.41) is 0. The standard InChI is InChI=1S/C22H23N3O3/c1-15-7-3-6-10-19(15)23-11-13-24(14-12-23)20(26)16(2)25-21(27)17-8-4-5-9-18(17)22(25)28/h3-10,16H,11-14H2,1-2H3/t16-/m0/s1. The van der Waals surface area contributed by atoms with Gasteiger partial charge in [-0.15, -0.1) is 0 Å². The molecule has 1 fully saturated rings. The number of rotatable bonds is 3. The van der Waals surface area contributed by atoms with E-state index in [0.29, 0.717) is 24.2 Å². The second kappa shape index (κ2) is 7.11. The number of hydrogen-bond donors (Lipinski definition) is 0. The molecule has 0 spiro atoms. The second-order valence-electron chi connectivity index (χ2n) is 7.30. The van der Waals surface area contributed by atoms with Crippen molar-refractivity contribution in [3.8, 4) is 0 Å². The van der Waals surface area contributed by atoms with Gasteiger partial charge in [0.2, 0.25) is 5.91 Å². The van der Waals surface area contributed by atoms with E-state index in [2.05, 4.69) is 24.0 Å². The van der Waals surface area contributed by atoms with E-state index in [0.717, 1.165) is 18.0 Å². The van der Waals surface area contributed by atoms with Crippen LogP contribution in [0.4, 0.5) is 5.69 Å². The number of hydrogen-bond acceptors (Lipinski definition) is 4. The number of aryl methyl sites for hydroxylation is 1. The fraction of sp³-hybridized carbons (Fsp3) is 0.318. The summed E-state index contributed by atoms with van der Waals surface area (Å²) >= 11 is 0. The van der Waals surface area contributed by atoms with Crippen LogP contribution >= 0.6 is 0 Å². The van der Waals surface area contributed by atoms with Gasteiger partial charge >= 0.3 is 0 Å². The van der Waals surface area contributed by atoms with Crippen LogP contribution in [0.1, 0.15) is 33.2 Å². The Balaban J connectivity index is 1.44. The normalized spacial score (nSPS) is 17.7. The largest absolute Gasteiger partial charge is 0.368 e. The van der Waals surface area contributed by atoms with Gasteiger partial charge < -0.3 is 9.80 Å². The number of para-hydroxylation sites is 1. The van der Waals surface area contributed by atoms with Gasteiger partial charge in [-0.3, -0.25) is 19.3 Å². The second-order valence-corrected chi connectivity index (χ2v) is 7.30. The van der Waals surface area contributed by atoms with Crippen molar-refractivity contribution in [2.45, 2.75) is 19.9 Å². The van der Waals surface area contributed by atoms with Crippen molar-refractivity contribution < 1.29 is 14.4 Å². The van der Waals surface area contributed by atoms with Crippen LogP contribution in [0, 0.1) is 6.92 Å². The lowest BCUT2D eigenvalue weighted by Crippen LogP contribution is -2.55.